The summed E-state index contributed by atoms with van der Waals surface area (Å²) in [6.07, 6.45) is 1.42. The van der Waals surface area contributed by atoms with Crippen LogP contribution in [0, 0.1) is 11.3 Å². The van der Waals surface area contributed by atoms with E-state index in [0.29, 0.717) is 0 Å². The molecule has 64 valence electrons. The molecule has 12 heavy (non-hydrogen) atoms. The predicted octanol–water partition coefficient (Wildman–Crippen LogP) is 1.03. The van der Waals surface area contributed by atoms with Crippen molar-refractivity contribution >= 4 is 11.6 Å². The quantitative estimate of drug-likeness (QED) is 0.400. The first-order chi connectivity index (χ1) is 5.63. The van der Waals surface area contributed by atoms with Crippen LogP contribution in [0.25, 0.3) is 0 Å². The zero-order valence-corrected chi connectivity index (χ0v) is 6.70. The van der Waals surface area contributed by atoms with Gasteiger partial charge in [0.25, 0.3) is 0 Å². The number of rotatable bonds is 3. The van der Waals surface area contributed by atoms with Crippen molar-refractivity contribution in [2.45, 2.75) is 6.92 Å². The van der Waals surface area contributed by atoms with Crippen LogP contribution >= 0.6 is 0 Å². The number of nitrogens with two attached hydrogens (primary N) is 1. The van der Waals surface area contributed by atoms with Gasteiger partial charge in [0.15, 0.2) is 5.76 Å². The van der Waals surface area contributed by atoms with Gasteiger partial charge in [-0.2, -0.15) is 0 Å². The molecule has 0 spiro atoms. The van der Waals surface area contributed by atoms with Crippen molar-refractivity contribution in [2.75, 3.05) is 0 Å². The van der Waals surface area contributed by atoms with Crippen molar-refractivity contribution in [3.05, 3.63) is 24.2 Å². The van der Waals surface area contributed by atoms with Gasteiger partial charge in [-0.3, -0.25) is 10.2 Å². The van der Waals surface area contributed by atoms with E-state index in [-0.39, 0.29) is 17.4 Å². The van der Waals surface area contributed by atoms with E-state index < -0.39 is 5.92 Å². The number of ketones is 1. The Bertz CT molecular complexity index is 290. The number of hydrogen-bond acceptors (Lipinski definition) is 3. The van der Waals surface area contributed by atoms with Gasteiger partial charge in [0.2, 0.25) is 5.78 Å². The van der Waals surface area contributed by atoms with Gasteiger partial charge in [0.1, 0.15) is 5.84 Å². The molecule has 0 saturated carbocycles. The summed E-state index contributed by atoms with van der Waals surface area (Å²) >= 11 is 0. The standard InChI is InChI=1S/C8H10N2O2/c1-5(8(9)10)7(11)6-3-2-4-12-6/h2-5H,1H3,(H3,9,10). The molecule has 3 N–H and O–H groups in total. The van der Waals surface area contributed by atoms with Gasteiger partial charge in [0, 0.05) is 0 Å². The first-order valence-corrected chi connectivity index (χ1v) is 3.54. The van der Waals surface area contributed by atoms with E-state index >= 15 is 0 Å². The van der Waals surface area contributed by atoms with Gasteiger partial charge < -0.3 is 10.2 Å². The molecule has 0 aliphatic rings. The second-order valence-electron chi connectivity index (χ2n) is 2.52. The molecule has 0 fully saturated rings. The fraction of sp³-hybridized carbons (Fsp3) is 0.250. The number of furan rings is 1. The van der Waals surface area contributed by atoms with Crippen LogP contribution in [0.2, 0.25) is 0 Å². The molecular weight excluding hydrogens is 156 g/mol. The highest BCUT2D eigenvalue weighted by Crippen LogP contribution is 2.08. The van der Waals surface area contributed by atoms with Gasteiger partial charge in [-0.05, 0) is 19.1 Å². The molecule has 1 atom stereocenters. The summed E-state index contributed by atoms with van der Waals surface area (Å²) < 4.78 is 4.86. The Labute approximate surface area is 69.9 Å². The monoisotopic (exact) mass is 166 g/mol. The second kappa shape index (κ2) is 3.21. The molecule has 4 heteroatoms. The molecule has 1 aromatic rings. The van der Waals surface area contributed by atoms with E-state index in [0.717, 1.165) is 0 Å². The molecule has 0 saturated heterocycles. The topological polar surface area (TPSA) is 80.1 Å². The van der Waals surface area contributed by atoms with Crippen LogP contribution in [-0.2, 0) is 0 Å². The molecule has 0 amide bonds. The fourth-order valence-corrected chi connectivity index (χ4v) is 0.773. The zero-order valence-electron chi connectivity index (χ0n) is 6.70. The maximum absolute atomic E-state index is 11.3. The third kappa shape index (κ3) is 1.53. The lowest BCUT2D eigenvalue weighted by Crippen LogP contribution is -2.26. The van der Waals surface area contributed by atoms with Crippen molar-refractivity contribution in [1.29, 1.82) is 5.41 Å². The predicted molar refractivity (Wildman–Crippen MR) is 44.1 cm³/mol. The molecule has 1 unspecified atom stereocenters. The van der Waals surface area contributed by atoms with E-state index in [1.54, 1.807) is 19.1 Å². The molecule has 0 radical (unpaired) electrons. The smallest absolute Gasteiger partial charge is 0.208 e. The number of hydrogen-bond donors (Lipinski definition) is 2. The number of nitrogens with one attached hydrogen (secondary N) is 1. The van der Waals surface area contributed by atoms with E-state index in [4.69, 9.17) is 15.6 Å². The van der Waals surface area contributed by atoms with Crippen LogP contribution in [0.15, 0.2) is 22.8 Å². The van der Waals surface area contributed by atoms with Crippen molar-refractivity contribution < 1.29 is 9.21 Å². The normalized spacial score (nSPS) is 12.4. The van der Waals surface area contributed by atoms with Crippen molar-refractivity contribution in [3.8, 4) is 0 Å². The van der Waals surface area contributed by atoms with E-state index in [1.807, 2.05) is 0 Å². The largest absolute Gasteiger partial charge is 0.461 e. The highest BCUT2D eigenvalue weighted by molar-refractivity contribution is 6.08. The summed E-state index contributed by atoms with van der Waals surface area (Å²) in [5.74, 6) is -0.752. The van der Waals surface area contributed by atoms with Crippen LogP contribution in [-0.4, -0.2) is 11.6 Å². The number of amidine groups is 1. The maximum atomic E-state index is 11.3. The summed E-state index contributed by atoms with van der Waals surface area (Å²) in [4.78, 5) is 11.3. The fourth-order valence-electron chi connectivity index (χ4n) is 0.773. The first-order valence-electron chi connectivity index (χ1n) is 3.54. The van der Waals surface area contributed by atoms with Gasteiger partial charge in [-0.1, -0.05) is 0 Å². The Morgan fingerprint density at radius 1 is 1.75 bits per heavy atom. The van der Waals surface area contributed by atoms with E-state index in [1.165, 1.54) is 6.26 Å². The summed E-state index contributed by atoms with van der Waals surface area (Å²) in [7, 11) is 0. The highest BCUT2D eigenvalue weighted by atomic mass is 16.3. The lowest BCUT2D eigenvalue weighted by molar-refractivity contribution is 0.0933. The number of Topliss-reactive ketones (excluding diaryl/α,β-unsaturated/α-hetero) is 1. The first kappa shape index (κ1) is 8.52. The van der Waals surface area contributed by atoms with Crippen LogP contribution in [0.5, 0.6) is 0 Å². The second-order valence-corrected chi connectivity index (χ2v) is 2.52. The third-order valence-electron chi connectivity index (χ3n) is 1.62. The van der Waals surface area contributed by atoms with Crippen LogP contribution < -0.4 is 5.73 Å². The highest BCUT2D eigenvalue weighted by Gasteiger charge is 2.19. The van der Waals surface area contributed by atoms with Gasteiger partial charge in [-0.15, -0.1) is 0 Å². The van der Waals surface area contributed by atoms with Crippen molar-refractivity contribution in [3.63, 3.8) is 0 Å². The SMILES string of the molecule is CC(C(=N)N)C(=O)c1ccco1. The summed E-state index contributed by atoms with van der Waals surface area (Å²) in [5.41, 5.74) is 5.16. The Hall–Kier alpha value is -1.58. The van der Waals surface area contributed by atoms with Gasteiger partial charge in [0.05, 0.1) is 12.2 Å². The molecule has 1 rings (SSSR count). The Kier molecular flexibility index (Phi) is 2.28. The average molecular weight is 166 g/mol. The Morgan fingerprint density at radius 2 is 2.42 bits per heavy atom. The van der Waals surface area contributed by atoms with E-state index in [2.05, 4.69) is 0 Å². The lowest BCUT2D eigenvalue weighted by atomic mass is 10.0. The molecule has 4 nitrogen and oxygen atoms in total. The minimum absolute atomic E-state index is 0.142. The summed E-state index contributed by atoms with van der Waals surface area (Å²) in [6, 6.07) is 3.18. The van der Waals surface area contributed by atoms with Gasteiger partial charge in [-0.25, -0.2) is 0 Å². The Balaban J connectivity index is 2.79. The molecule has 0 aliphatic heterocycles. The minimum atomic E-state index is -0.601. The molecule has 0 aliphatic carbocycles. The maximum Gasteiger partial charge on any atom is 0.208 e. The summed E-state index contributed by atoms with van der Waals surface area (Å²) in [6.45, 7) is 1.58. The van der Waals surface area contributed by atoms with Crippen LogP contribution in [0.4, 0.5) is 0 Å². The Morgan fingerprint density at radius 3 is 2.83 bits per heavy atom. The van der Waals surface area contributed by atoms with Crippen LogP contribution in [0.1, 0.15) is 17.5 Å². The molecule has 1 heterocycles. The lowest BCUT2D eigenvalue weighted by Gasteiger charge is -2.04. The van der Waals surface area contributed by atoms with E-state index in [9.17, 15) is 4.79 Å². The summed E-state index contributed by atoms with van der Waals surface area (Å²) in [5, 5.41) is 7.05. The van der Waals surface area contributed by atoms with Gasteiger partial charge >= 0.3 is 0 Å². The minimum Gasteiger partial charge on any atom is -0.461 e. The molecule has 1 aromatic heterocycles. The molecule has 0 aromatic carbocycles. The number of carbonyl (C=O) groups is 1. The molecular formula is C8H10N2O2. The third-order valence-corrected chi connectivity index (χ3v) is 1.62. The van der Waals surface area contributed by atoms with Crippen molar-refractivity contribution in [2.24, 2.45) is 11.7 Å². The molecule has 0 bridgehead atoms. The number of carbonyl (C=O) groups excluding carboxylic acids is 1. The zero-order chi connectivity index (χ0) is 9.14. The van der Waals surface area contributed by atoms with Crippen molar-refractivity contribution in [1.82, 2.24) is 0 Å². The van der Waals surface area contributed by atoms with Crippen LogP contribution in [0.3, 0.4) is 0 Å². The average Bonchev–Trinajstić information content (AvgIpc) is 2.53.